The molecule has 2 amide bonds. The number of urea groups is 1. The number of carbonyl (C=O) groups excluding carboxylic acids is 1. The molecule has 5 nitrogen and oxygen atoms in total. The number of rotatable bonds is 6. The van der Waals surface area contributed by atoms with Crippen LogP contribution in [0, 0.1) is 6.92 Å². The average Bonchev–Trinajstić information content (AvgIpc) is 3.05. The van der Waals surface area contributed by atoms with E-state index in [9.17, 15) is 9.18 Å². The van der Waals surface area contributed by atoms with Gasteiger partial charge in [-0.2, -0.15) is 0 Å². The van der Waals surface area contributed by atoms with Gasteiger partial charge in [0, 0.05) is 50.5 Å². The molecule has 150 valence electrons. The number of amides is 2. The molecule has 1 aromatic carbocycles. The topological polar surface area (TPSA) is 47.6 Å². The zero-order valence-electron chi connectivity index (χ0n) is 16.6. The number of carbonyl (C=O) groups is 1. The minimum absolute atomic E-state index is 0.0121. The predicted molar refractivity (Wildman–Crippen MR) is 108 cm³/mol. The molecule has 2 fully saturated rings. The number of piperazine rings is 1. The van der Waals surface area contributed by atoms with Crippen molar-refractivity contribution in [3.8, 4) is 0 Å². The molecule has 2 N–H and O–H groups in total. The van der Waals surface area contributed by atoms with Gasteiger partial charge in [0.05, 0.1) is 0 Å². The maximum Gasteiger partial charge on any atom is 0.315 e. The van der Waals surface area contributed by atoms with E-state index < -0.39 is 6.17 Å². The highest BCUT2D eigenvalue weighted by atomic mass is 19.1. The van der Waals surface area contributed by atoms with Gasteiger partial charge >= 0.3 is 6.03 Å². The summed E-state index contributed by atoms with van der Waals surface area (Å²) < 4.78 is 13.2. The molecule has 1 aliphatic heterocycles. The molecule has 2 aliphatic rings. The number of benzene rings is 1. The first-order valence-corrected chi connectivity index (χ1v) is 10.2. The molecule has 6 heteroatoms. The molecule has 1 saturated heterocycles. The molecule has 1 saturated carbocycles. The molecule has 0 aromatic heterocycles. The highest BCUT2D eigenvalue weighted by Crippen LogP contribution is 2.21. The van der Waals surface area contributed by atoms with E-state index in [1.165, 1.54) is 11.3 Å². The third-order valence-electron chi connectivity index (χ3n) is 5.70. The Balaban J connectivity index is 1.33. The van der Waals surface area contributed by atoms with Crippen LogP contribution in [0.3, 0.4) is 0 Å². The second-order valence-corrected chi connectivity index (χ2v) is 8.08. The average molecular weight is 377 g/mol. The molecular formula is C21H33FN4O. The van der Waals surface area contributed by atoms with Crippen molar-refractivity contribution in [2.75, 3.05) is 37.6 Å². The van der Waals surface area contributed by atoms with Crippen molar-refractivity contribution in [2.45, 2.75) is 57.8 Å². The van der Waals surface area contributed by atoms with E-state index in [2.05, 4.69) is 51.6 Å². The summed E-state index contributed by atoms with van der Waals surface area (Å²) in [6, 6.07) is 8.62. The van der Waals surface area contributed by atoms with Gasteiger partial charge in [0.1, 0.15) is 6.17 Å². The van der Waals surface area contributed by atoms with Crippen molar-refractivity contribution in [3.05, 3.63) is 29.8 Å². The summed E-state index contributed by atoms with van der Waals surface area (Å²) in [5.41, 5.74) is 2.61. The van der Waals surface area contributed by atoms with Crippen LogP contribution in [-0.2, 0) is 0 Å². The Morgan fingerprint density at radius 2 is 2.04 bits per heavy atom. The van der Waals surface area contributed by atoms with E-state index in [0.717, 1.165) is 45.6 Å². The second-order valence-electron chi connectivity index (χ2n) is 8.08. The number of hydrogen-bond donors (Lipinski definition) is 2. The summed E-state index contributed by atoms with van der Waals surface area (Å²) in [7, 11) is 0. The van der Waals surface area contributed by atoms with Crippen LogP contribution in [-0.4, -0.2) is 61.9 Å². The minimum atomic E-state index is -0.758. The standard InChI is InChI=1S/C21H33FN4O/c1-16-4-3-5-20(14-16)26-12-10-25(11-13-26)9-8-17(2)23-21(27)24-19-7-6-18(22)15-19/h3-5,14,17-19H,6-13,15H2,1-2H3,(H2,23,24,27). The molecule has 3 unspecified atom stereocenters. The highest BCUT2D eigenvalue weighted by Gasteiger charge is 2.25. The third-order valence-corrected chi connectivity index (χ3v) is 5.70. The lowest BCUT2D eigenvalue weighted by molar-refractivity contribution is 0.224. The Morgan fingerprint density at radius 3 is 2.70 bits per heavy atom. The Labute approximate surface area is 162 Å². The number of alkyl halides is 1. The van der Waals surface area contributed by atoms with E-state index in [1.54, 1.807) is 0 Å². The summed E-state index contributed by atoms with van der Waals surface area (Å²) in [5, 5.41) is 5.89. The van der Waals surface area contributed by atoms with Crippen molar-refractivity contribution >= 4 is 11.7 Å². The summed E-state index contributed by atoms with van der Waals surface area (Å²) >= 11 is 0. The number of halogens is 1. The van der Waals surface area contributed by atoms with Crippen LogP contribution in [0.25, 0.3) is 0 Å². The van der Waals surface area contributed by atoms with Crippen LogP contribution >= 0.6 is 0 Å². The van der Waals surface area contributed by atoms with Gasteiger partial charge in [0.15, 0.2) is 0 Å². The van der Waals surface area contributed by atoms with Gasteiger partial charge in [0.2, 0.25) is 0 Å². The number of hydrogen-bond acceptors (Lipinski definition) is 3. The van der Waals surface area contributed by atoms with E-state index >= 15 is 0 Å². The van der Waals surface area contributed by atoms with E-state index in [4.69, 9.17) is 0 Å². The number of aryl methyl sites for hydroxylation is 1. The molecule has 1 heterocycles. The molecule has 0 radical (unpaired) electrons. The Kier molecular flexibility index (Phi) is 6.94. The summed E-state index contributed by atoms with van der Waals surface area (Å²) in [5.74, 6) is 0. The van der Waals surface area contributed by atoms with Gasteiger partial charge in [-0.1, -0.05) is 12.1 Å². The molecule has 27 heavy (non-hydrogen) atoms. The molecule has 0 spiro atoms. The zero-order valence-corrected chi connectivity index (χ0v) is 16.6. The molecule has 3 rings (SSSR count). The first-order valence-electron chi connectivity index (χ1n) is 10.2. The largest absolute Gasteiger partial charge is 0.369 e. The van der Waals surface area contributed by atoms with Crippen molar-refractivity contribution in [1.29, 1.82) is 0 Å². The van der Waals surface area contributed by atoms with Crippen LogP contribution in [0.1, 0.15) is 38.2 Å². The normalized spacial score (nSPS) is 24.6. The van der Waals surface area contributed by atoms with Crippen LogP contribution < -0.4 is 15.5 Å². The number of nitrogens with one attached hydrogen (secondary N) is 2. The van der Waals surface area contributed by atoms with E-state index in [0.29, 0.717) is 12.8 Å². The van der Waals surface area contributed by atoms with E-state index in [1.807, 2.05) is 6.92 Å². The van der Waals surface area contributed by atoms with Gasteiger partial charge < -0.3 is 15.5 Å². The number of anilines is 1. The fourth-order valence-corrected chi connectivity index (χ4v) is 4.01. The highest BCUT2D eigenvalue weighted by molar-refractivity contribution is 5.74. The third kappa shape index (κ3) is 6.09. The molecule has 1 aromatic rings. The lowest BCUT2D eigenvalue weighted by Gasteiger charge is -2.36. The van der Waals surface area contributed by atoms with Crippen LogP contribution in [0.15, 0.2) is 24.3 Å². The summed E-state index contributed by atoms with van der Waals surface area (Å²) in [6.07, 6.45) is 1.93. The van der Waals surface area contributed by atoms with Gasteiger partial charge in [-0.25, -0.2) is 9.18 Å². The maximum absolute atomic E-state index is 13.2. The molecule has 1 aliphatic carbocycles. The lowest BCUT2D eigenvalue weighted by Crippen LogP contribution is -2.48. The molecule has 0 bridgehead atoms. The van der Waals surface area contributed by atoms with Gasteiger partial charge in [0.25, 0.3) is 0 Å². The zero-order chi connectivity index (χ0) is 19.2. The first-order chi connectivity index (χ1) is 13.0. The Bertz CT molecular complexity index is 618. The van der Waals surface area contributed by atoms with Gasteiger partial charge in [-0.3, -0.25) is 4.90 Å². The number of nitrogens with zero attached hydrogens (tertiary/aromatic N) is 2. The first kappa shape index (κ1) is 19.9. The minimum Gasteiger partial charge on any atom is -0.369 e. The van der Waals surface area contributed by atoms with Gasteiger partial charge in [-0.05, 0) is 57.2 Å². The van der Waals surface area contributed by atoms with Crippen LogP contribution in [0.4, 0.5) is 14.9 Å². The van der Waals surface area contributed by atoms with Crippen molar-refractivity contribution in [1.82, 2.24) is 15.5 Å². The Morgan fingerprint density at radius 1 is 1.26 bits per heavy atom. The smallest absolute Gasteiger partial charge is 0.315 e. The van der Waals surface area contributed by atoms with Gasteiger partial charge in [-0.15, -0.1) is 0 Å². The molecule has 3 atom stereocenters. The van der Waals surface area contributed by atoms with Crippen molar-refractivity contribution in [2.24, 2.45) is 0 Å². The van der Waals surface area contributed by atoms with E-state index in [-0.39, 0.29) is 18.1 Å². The Hall–Kier alpha value is -1.82. The summed E-state index contributed by atoms with van der Waals surface area (Å²) in [6.45, 7) is 9.33. The van der Waals surface area contributed by atoms with Crippen LogP contribution in [0.2, 0.25) is 0 Å². The van der Waals surface area contributed by atoms with Crippen molar-refractivity contribution < 1.29 is 9.18 Å². The second kappa shape index (κ2) is 9.40. The molecular weight excluding hydrogens is 343 g/mol. The quantitative estimate of drug-likeness (QED) is 0.802. The fourth-order valence-electron chi connectivity index (χ4n) is 4.01. The van der Waals surface area contributed by atoms with Crippen LogP contribution in [0.5, 0.6) is 0 Å². The SMILES string of the molecule is Cc1cccc(N2CCN(CCC(C)NC(=O)NC3CCC(F)C3)CC2)c1. The fraction of sp³-hybridized carbons (Fsp3) is 0.667. The lowest BCUT2D eigenvalue weighted by atomic mass is 10.1. The van der Waals surface area contributed by atoms with Crippen molar-refractivity contribution in [3.63, 3.8) is 0 Å². The monoisotopic (exact) mass is 376 g/mol. The maximum atomic E-state index is 13.2. The summed E-state index contributed by atoms with van der Waals surface area (Å²) in [4.78, 5) is 16.9. The predicted octanol–water partition coefficient (Wildman–Crippen LogP) is 3.09.